The van der Waals surface area contributed by atoms with Crippen LogP contribution in [0.4, 0.5) is 0 Å². The lowest BCUT2D eigenvalue weighted by Crippen LogP contribution is -2.11. The lowest BCUT2D eigenvalue weighted by molar-refractivity contribution is -0.130. The van der Waals surface area contributed by atoms with E-state index in [4.69, 9.17) is 27.9 Å². The highest BCUT2D eigenvalue weighted by Crippen LogP contribution is 2.36. The summed E-state index contributed by atoms with van der Waals surface area (Å²) in [5, 5.41) is 1.01. The smallest absolute Gasteiger partial charge is 0.339 e. The SMILES string of the molecule is O=C(Oc1ccccc1)C1=C(c2ccc(Cl)c(Cl)c2)CCC1. The number of para-hydroxylation sites is 1. The summed E-state index contributed by atoms with van der Waals surface area (Å²) in [7, 11) is 0. The van der Waals surface area contributed by atoms with Gasteiger partial charge in [0.25, 0.3) is 0 Å². The van der Waals surface area contributed by atoms with E-state index in [0.29, 0.717) is 15.8 Å². The second-order valence-corrected chi connectivity index (χ2v) is 5.96. The van der Waals surface area contributed by atoms with Crippen LogP contribution in [-0.2, 0) is 4.79 Å². The highest BCUT2D eigenvalue weighted by atomic mass is 35.5. The van der Waals surface area contributed by atoms with Gasteiger partial charge in [0.15, 0.2) is 0 Å². The molecule has 0 aromatic heterocycles. The Morgan fingerprint density at radius 3 is 2.45 bits per heavy atom. The second-order valence-electron chi connectivity index (χ2n) is 5.14. The van der Waals surface area contributed by atoms with E-state index in [1.165, 1.54) is 0 Å². The fourth-order valence-corrected chi connectivity index (χ4v) is 2.93. The zero-order chi connectivity index (χ0) is 15.5. The Hall–Kier alpha value is -1.77. The number of rotatable bonds is 3. The van der Waals surface area contributed by atoms with Crippen molar-refractivity contribution >= 4 is 34.7 Å². The number of benzene rings is 2. The molecule has 0 atom stereocenters. The number of esters is 1. The zero-order valence-electron chi connectivity index (χ0n) is 11.8. The highest BCUT2D eigenvalue weighted by molar-refractivity contribution is 6.42. The molecule has 1 aliphatic rings. The maximum atomic E-state index is 12.4. The first kappa shape index (κ1) is 15.1. The van der Waals surface area contributed by atoms with Crippen molar-refractivity contribution in [1.29, 1.82) is 0 Å². The second kappa shape index (κ2) is 6.55. The molecule has 4 heteroatoms. The molecule has 0 fully saturated rings. The predicted octanol–water partition coefficient (Wildman–Crippen LogP) is 5.54. The van der Waals surface area contributed by atoms with E-state index in [0.717, 1.165) is 36.0 Å². The molecule has 0 heterocycles. The van der Waals surface area contributed by atoms with Gasteiger partial charge >= 0.3 is 5.97 Å². The third kappa shape index (κ3) is 3.18. The number of hydrogen-bond donors (Lipinski definition) is 0. The molecular formula is C18H14Cl2O2. The largest absolute Gasteiger partial charge is 0.423 e. The summed E-state index contributed by atoms with van der Waals surface area (Å²) in [6.07, 6.45) is 2.51. The topological polar surface area (TPSA) is 26.3 Å². The van der Waals surface area contributed by atoms with Crippen LogP contribution < -0.4 is 4.74 Å². The minimum absolute atomic E-state index is 0.287. The standard InChI is InChI=1S/C18H14Cl2O2/c19-16-10-9-12(11-17(16)20)14-7-4-8-15(14)18(21)22-13-5-2-1-3-6-13/h1-3,5-6,9-11H,4,7-8H2. The summed E-state index contributed by atoms with van der Waals surface area (Å²) >= 11 is 12.0. The third-order valence-corrected chi connectivity index (χ3v) is 4.43. The number of allylic oxidation sites excluding steroid dienone is 1. The molecule has 22 heavy (non-hydrogen) atoms. The normalized spacial score (nSPS) is 14.3. The molecule has 2 nitrogen and oxygen atoms in total. The zero-order valence-corrected chi connectivity index (χ0v) is 13.3. The Morgan fingerprint density at radius 1 is 0.955 bits per heavy atom. The molecule has 0 N–H and O–H groups in total. The van der Waals surface area contributed by atoms with Crippen LogP contribution in [0.3, 0.4) is 0 Å². The van der Waals surface area contributed by atoms with Crippen LogP contribution >= 0.6 is 23.2 Å². The van der Waals surface area contributed by atoms with E-state index in [1.807, 2.05) is 24.3 Å². The van der Waals surface area contributed by atoms with Crippen LogP contribution in [0.5, 0.6) is 5.75 Å². The van der Waals surface area contributed by atoms with Gasteiger partial charge in [0, 0.05) is 5.57 Å². The van der Waals surface area contributed by atoms with E-state index < -0.39 is 0 Å². The molecule has 0 saturated heterocycles. The summed E-state index contributed by atoms with van der Waals surface area (Å²) in [6, 6.07) is 14.6. The number of hydrogen-bond acceptors (Lipinski definition) is 2. The summed E-state index contributed by atoms with van der Waals surface area (Å²) in [4.78, 5) is 12.4. The van der Waals surface area contributed by atoms with E-state index in [2.05, 4.69) is 0 Å². The van der Waals surface area contributed by atoms with Crippen LogP contribution in [-0.4, -0.2) is 5.97 Å². The van der Waals surface area contributed by atoms with E-state index >= 15 is 0 Å². The number of halogens is 2. The minimum atomic E-state index is -0.287. The van der Waals surface area contributed by atoms with Gasteiger partial charge in [0.1, 0.15) is 5.75 Å². The van der Waals surface area contributed by atoms with Crippen molar-refractivity contribution in [3.8, 4) is 5.75 Å². The Labute approximate surface area is 139 Å². The first-order chi connectivity index (χ1) is 10.6. The molecule has 0 unspecified atom stereocenters. The average Bonchev–Trinajstić information content (AvgIpc) is 3.01. The van der Waals surface area contributed by atoms with Gasteiger partial charge in [0.05, 0.1) is 10.0 Å². The fourth-order valence-electron chi connectivity index (χ4n) is 2.63. The Balaban J connectivity index is 1.89. The maximum absolute atomic E-state index is 12.4. The first-order valence-corrected chi connectivity index (χ1v) is 7.85. The van der Waals surface area contributed by atoms with Crippen molar-refractivity contribution in [3.05, 3.63) is 69.7 Å². The molecule has 2 aromatic rings. The van der Waals surface area contributed by atoms with Gasteiger partial charge in [0.2, 0.25) is 0 Å². The molecule has 2 aromatic carbocycles. The van der Waals surface area contributed by atoms with Crippen molar-refractivity contribution in [2.45, 2.75) is 19.3 Å². The molecule has 0 saturated carbocycles. The number of carbonyl (C=O) groups is 1. The monoisotopic (exact) mass is 332 g/mol. The van der Waals surface area contributed by atoms with Crippen LogP contribution in [0, 0.1) is 0 Å². The van der Waals surface area contributed by atoms with Crippen LogP contribution in [0.15, 0.2) is 54.1 Å². The summed E-state index contributed by atoms with van der Waals surface area (Å²) in [6.45, 7) is 0. The van der Waals surface area contributed by atoms with Crippen LogP contribution in [0.25, 0.3) is 5.57 Å². The summed E-state index contributed by atoms with van der Waals surface area (Å²) in [5.74, 6) is 0.269. The van der Waals surface area contributed by atoms with Gasteiger partial charge in [-0.05, 0) is 54.7 Å². The Morgan fingerprint density at radius 2 is 1.73 bits per heavy atom. The molecule has 0 spiro atoms. The summed E-state index contributed by atoms with van der Waals surface area (Å²) in [5.41, 5.74) is 2.66. The van der Waals surface area contributed by atoms with Gasteiger partial charge in [-0.2, -0.15) is 0 Å². The van der Waals surface area contributed by atoms with Gasteiger partial charge < -0.3 is 4.74 Å². The third-order valence-electron chi connectivity index (χ3n) is 3.69. The molecule has 112 valence electrons. The molecule has 1 aliphatic carbocycles. The lowest BCUT2D eigenvalue weighted by atomic mass is 10.0. The maximum Gasteiger partial charge on any atom is 0.339 e. The van der Waals surface area contributed by atoms with Gasteiger partial charge in [-0.3, -0.25) is 0 Å². The fraction of sp³-hybridized carbons (Fsp3) is 0.167. The molecule has 0 amide bonds. The Kier molecular flexibility index (Phi) is 4.51. The number of ether oxygens (including phenoxy) is 1. The van der Waals surface area contributed by atoms with Gasteiger partial charge in [-0.1, -0.05) is 47.5 Å². The van der Waals surface area contributed by atoms with Crippen LogP contribution in [0.1, 0.15) is 24.8 Å². The predicted molar refractivity (Wildman–Crippen MR) is 89.3 cm³/mol. The molecule has 0 radical (unpaired) electrons. The van der Waals surface area contributed by atoms with Gasteiger partial charge in [-0.25, -0.2) is 4.79 Å². The van der Waals surface area contributed by atoms with Crippen molar-refractivity contribution in [2.24, 2.45) is 0 Å². The minimum Gasteiger partial charge on any atom is -0.423 e. The molecule has 3 rings (SSSR count). The highest BCUT2D eigenvalue weighted by Gasteiger charge is 2.24. The summed E-state index contributed by atoms with van der Waals surface area (Å²) < 4.78 is 5.45. The number of carbonyl (C=O) groups excluding carboxylic acids is 1. The van der Waals surface area contributed by atoms with E-state index in [-0.39, 0.29) is 5.97 Å². The molecule has 0 aliphatic heterocycles. The average molecular weight is 333 g/mol. The van der Waals surface area contributed by atoms with Crippen LogP contribution in [0.2, 0.25) is 10.0 Å². The van der Waals surface area contributed by atoms with Crippen molar-refractivity contribution < 1.29 is 9.53 Å². The van der Waals surface area contributed by atoms with Crippen molar-refractivity contribution in [1.82, 2.24) is 0 Å². The first-order valence-electron chi connectivity index (χ1n) is 7.10. The molecule has 0 bridgehead atoms. The van der Waals surface area contributed by atoms with Crippen molar-refractivity contribution in [2.75, 3.05) is 0 Å². The van der Waals surface area contributed by atoms with Crippen molar-refractivity contribution in [3.63, 3.8) is 0 Å². The molecular weight excluding hydrogens is 319 g/mol. The quantitative estimate of drug-likeness (QED) is 0.545. The Bertz CT molecular complexity index is 736. The van der Waals surface area contributed by atoms with E-state index in [1.54, 1.807) is 24.3 Å². The van der Waals surface area contributed by atoms with E-state index in [9.17, 15) is 4.79 Å². The van der Waals surface area contributed by atoms with Gasteiger partial charge in [-0.15, -0.1) is 0 Å². The lowest BCUT2D eigenvalue weighted by Gasteiger charge is -2.09.